The van der Waals surface area contributed by atoms with Crippen molar-refractivity contribution in [2.45, 2.75) is 88.6 Å². The lowest BCUT2D eigenvalue weighted by Gasteiger charge is -2.42. The number of likely N-dealkylation sites (N-methyl/N-ethyl adjacent to an activating group) is 2. The molecule has 1 N–H and O–H groups in total. The van der Waals surface area contributed by atoms with E-state index >= 15 is 0 Å². The minimum Gasteiger partial charge on any atom is -0.543 e. The Kier molecular flexibility index (Phi) is 8.82. The fraction of sp³-hybridized carbons (Fsp3) is 0.739. The van der Waals surface area contributed by atoms with E-state index in [1.54, 1.807) is 0 Å². The Bertz CT molecular complexity index is 1010. The molecule has 0 bridgehead atoms. The lowest BCUT2D eigenvalue weighted by atomic mass is 9.81. The van der Waals surface area contributed by atoms with Crippen LogP contribution >= 0.6 is 15.9 Å². The van der Waals surface area contributed by atoms with Crippen LogP contribution in [0, 0.1) is 0 Å². The van der Waals surface area contributed by atoms with Gasteiger partial charge in [0, 0.05) is 23.5 Å². The molecule has 0 radical (unpaired) electrons. The lowest BCUT2D eigenvalue weighted by Crippen LogP contribution is -2.50. The molecule has 0 unspecified atom stereocenters. The average Bonchev–Trinajstić information content (AvgIpc) is 3.10. The molecule has 1 aromatic rings. The van der Waals surface area contributed by atoms with Gasteiger partial charge in [0.15, 0.2) is 0 Å². The van der Waals surface area contributed by atoms with E-state index in [2.05, 4.69) is 100 Å². The third kappa shape index (κ3) is 5.41. The maximum absolute atomic E-state index is 10.7. The number of hydrogen-bond acceptors (Lipinski definition) is 5. The van der Waals surface area contributed by atoms with E-state index in [1.165, 1.54) is 22.1 Å². The van der Waals surface area contributed by atoms with Crippen LogP contribution in [0.2, 0.25) is 16.6 Å². The zero-order valence-corrected chi connectivity index (χ0v) is 25.3. The van der Waals surface area contributed by atoms with Crippen LogP contribution in [0.4, 0.5) is 18.9 Å². The summed E-state index contributed by atoms with van der Waals surface area (Å²) in [4.78, 5) is 4.94. The average molecular weight is 604 g/mol. The van der Waals surface area contributed by atoms with Crippen LogP contribution in [0.1, 0.15) is 60.5 Å². The summed E-state index contributed by atoms with van der Waals surface area (Å²) in [6.07, 6.45) is 1.63. The van der Waals surface area contributed by atoms with Crippen LogP contribution < -0.4 is 9.33 Å². The molecule has 1 fully saturated rings. The minimum atomic E-state index is -5.84. The van der Waals surface area contributed by atoms with Crippen molar-refractivity contribution < 1.29 is 30.6 Å². The maximum Gasteiger partial charge on any atom is 0.522 e. The summed E-state index contributed by atoms with van der Waals surface area (Å²) in [6.45, 7) is 17.7. The number of alkyl halides is 3. The van der Waals surface area contributed by atoms with Crippen molar-refractivity contribution in [3.8, 4) is 5.75 Å². The Morgan fingerprint density at radius 1 is 1.11 bits per heavy atom. The van der Waals surface area contributed by atoms with Crippen molar-refractivity contribution in [1.29, 1.82) is 0 Å². The number of benzene rings is 1. The Hall–Kier alpha value is -0.823. The van der Waals surface area contributed by atoms with Crippen LogP contribution in [-0.4, -0.2) is 58.5 Å². The Morgan fingerprint density at radius 2 is 1.57 bits per heavy atom. The second kappa shape index (κ2) is 10.1. The monoisotopic (exact) mass is 602 g/mol. The molecule has 0 amide bonds. The number of rotatable bonds is 5. The molecule has 35 heavy (non-hydrogen) atoms. The van der Waals surface area contributed by atoms with Crippen molar-refractivity contribution in [3.05, 3.63) is 22.2 Å². The van der Waals surface area contributed by atoms with Crippen LogP contribution in [0.5, 0.6) is 5.75 Å². The summed E-state index contributed by atoms with van der Waals surface area (Å²) in [5.74, 6) is 1.06. The van der Waals surface area contributed by atoms with Gasteiger partial charge in [-0.25, -0.2) is 0 Å². The molecule has 0 spiro atoms. The lowest BCUT2D eigenvalue weighted by molar-refractivity contribution is -0.0510. The zero-order chi connectivity index (χ0) is 27.3. The summed E-state index contributed by atoms with van der Waals surface area (Å²) in [5, 5.41) is 0. The van der Waals surface area contributed by atoms with Gasteiger partial charge in [-0.05, 0) is 63.7 Å². The largest absolute Gasteiger partial charge is 0.543 e. The summed E-state index contributed by atoms with van der Waals surface area (Å²) in [7, 11) is -3.32. The third-order valence-electron chi connectivity index (χ3n) is 7.64. The Labute approximate surface area is 217 Å². The van der Waals surface area contributed by atoms with Gasteiger partial charge in [0.05, 0.1) is 11.9 Å². The quantitative estimate of drug-likeness (QED) is 0.228. The van der Waals surface area contributed by atoms with Crippen LogP contribution in [0.15, 0.2) is 16.6 Å². The second-order valence-corrected chi connectivity index (χ2v) is 18.4. The van der Waals surface area contributed by atoms with E-state index in [4.69, 9.17) is 17.4 Å². The molecule has 2 atom stereocenters. The topological polar surface area (TPSA) is 70.1 Å². The standard InChI is InChI=1S/C22H37BrN2OSi.CHF3O3S/c1-14(2)27(15(3)4,16(5)6)26-17-12-18-20(19(23)13-17)25(9)21-22(18,7)10-11-24(21)8;2-1(3,4)8(5,6)7/h12-16,21H,10-11H2,1-9H3;(H,5,6,7)/t21-,22+;/m1./s1. The first-order valence-corrected chi connectivity index (χ1v) is 16.1. The number of likely N-dealkylation sites (tertiary alicyclic amines) is 1. The molecule has 0 aromatic heterocycles. The zero-order valence-electron chi connectivity index (χ0n) is 21.9. The molecule has 1 saturated heterocycles. The molecule has 0 aliphatic carbocycles. The van der Waals surface area contributed by atoms with Gasteiger partial charge in [0.25, 0.3) is 8.32 Å². The van der Waals surface area contributed by atoms with Gasteiger partial charge in [-0.1, -0.05) is 48.5 Å². The van der Waals surface area contributed by atoms with E-state index < -0.39 is 23.9 Å². The minimum absolute atomic E-state index is 0.165. The number of nitrogens with zero attached hydrogens (tertiary/aromatic N) is 2. The number of fused-ring (bicyclic) bond motifs is 3. The highest BCUT2D eigenvalue weighted by molar-refractivity contribution is 9.10. The molecule has 3 rings (SSSR count). The highest BCUT2D eigenvalue weighted by Gasteiger charge is 2.53. The van der Waals surface area contributed by atoms with Crippen molar-refractivity contribution in [2.75, 3.05) is 25.5 Å². The van der Waals surface area contributed by atoms with Gasteiger partial charge in [0.2, 0.25) is 0 Å². The highest BCUT2D eigenvalue weighted by Crippen LogP contribution is 2.55. The number of anilines is 1. The molecule has 12 heteroatoms. The smallest absolute Gasteiger partial charge is 0.522 e. The van der Waals surface area contributed by atoms with Gasteiger partial charge in [-0.2, -0.15) is 21.6 Å². The fourth-order valence-corrected chi connectivity index (χ4v) is 12.2. The first kappa shape index (κ1) is 30.4. The van der Waals surface area contributed by atoms with Gasteiger partial charge in [-0.15, -0.1) is 0 Å². The summed E-state index contributed by atoms with van der Waals surface area (Å²) >= 11 is 3.88. The van der Waals surface area contributed by atoms with Crippen LogP contribution in [-0.2, 0) is 15.5 Å². The van der Waals surface area contributed by atoms with E-state index in [0.717, 1.165) is 12.3 Å². The Balaban J connectivity index is 0.000000466. The van der Waals surface area contributed by atoms with E-state index in [1.807, 2.05) is 0 Å². The number of halogens is 4. The molecule has 2 aliphatic heterocycles. The molecule has 1 aromatic carbocycles. The second-order valence-electron chi connectivity index (χ2n) is 10.8. The first-order valence-electron chi connectivity index (χ1n) is 11.7. The van der Waals surface area contributed by atoms with Crippen LogP contribution in [0.3, 0.4) is 0 Å². The maximum atomic E-state index is 10.7. The third-order valence-corrected chi connectivity index (χ3v) is 14.8. The van der Waals surface area contributed by atoms with Gasteiger partial charge >= 0.3 is 15.6 Å². The van der Waals surface area contributed by atoms with Gasteiger partial charge in [-0.3, -0.25) is 9.45 Å². The van der Waals surface area contributed by atoms with E-state index in [9.17, 15) is 13.2 Å². The highest BCUT2D eigenvalue weighted by atomic mass is 79.9. The predicted octanol–water partition coefficient (Wildman–Crippen LogP) is 6.77. The van der Waals surface area contributed by atoms with E-state index in [0.29, 0.717) is 22.8 Å². The SMILES string of the molecule is CC(C)[Si](Oc1cc(Br)c2c(c1)[C@]1(C)CCN(C)[C@@H]1N2C)(C(C)C)C(C)C.O=S(=O)(O)C(F)(F)F. The molecule has 6 nitrogen and oxygen atoms in total. The molecule has 2 heterocycles. The predicted molar refractivity (Wildman–Crippen MR) is 140 cm³/mol. The van der Waals surface area contributed by atoms with Gasteiger partial charge in [0.1, 0.15) is 5.75 Å². The van der Waals surface area contributed by atoms with Gasteiger partial charge < -0.3 is 9.33 Å². The summed E-state index contributed by atoms with van der Waals surface area (Å²) in [6, 6.07) is 4.58. The fourth-order valence-electron chi connectivity index (χ4n) is 6.25. The summed E-state index contributed by atoms with van der Waals surface area (Å²) in [5.41, 5.74) is -0.851. The summed E-state index contributed by atoms with van der Waals surface area (Å²) < 4.78 is 65.7. The van der Waals surface area contributed by atoms with Crippen LogP contribution in [0.25, 0.3) is 0 Å². The molecule has 2 aliphatic rings. The number of hydrogen-bond donors (Lipinski definition) is 1. The van der Waals surface area contributed by atoms with Crippen molar-refractivity contribution in [3.63, 3.8) is 0 Å². The first-order chi connectivity index (χ1) is 15.7. The normalized spacial score (nSPS) is 23.0. The van der Waals surface area contributed by atoms with Crippen molar-refractivity contribution in [1.82, 2.24) is 4.90 Å². The van der Waals surface area contributed by atoms with E-state index in [-0.39, 0.29) is 5.41 Å². The molecular weight excluding hydrogens is 565 g/mol. The Morgan fingerprint density at radius 3 is 1.97 bits per heavy atom. The van der Waals surface area contributed by atoms with Crippen molar-refractivity contribution >= 4 is 40.1 Å². The molecular formula is C23H38BrF3N2O4SSi. The molecule has 0 saturated carbocycles. The van der Waals surface area contributed by atoms with Crippen molar-refractivity contribution in [2.24, 2.45) is 0 Å². The molecule has 202 valence electrons.